The largest absolute Gasteiger partial charge is 0.352 e. The number of rotatable bonds is 6. The normalized spacial score (nSPS) is 15.0. The Hall–Kier alpha value is -2.60. The van der Waals surface area contributed by atoms with Crippen molar-refractivity contribution in [2.24, 2.45) is 0 Å². The molecule has 0 bridgehead atoms. The Balaban J connectivity index is 1.47. The second kappa shape index (κ2) is 8.67. The van der Waals surface area contributed by atoms with Crippen LogP contribution >= 0.6 is 0 Å². The number of nitrogens with one attached hydrogen (secondary N) is 1. The molecular weight excluding hydrogens is 328 g/mol. The summed E-state index contributed by atoms with van der Waals surface area (Å²) in [7, 11) is 0. The quantitative estimate of drug-likeness (QED) is 0.860. The Morgan fingerprint density at radius 3 is 2.46 bits per heavy atom. The molecule has 1 aromatic heterocycles. The molecule has 6 heteroatoms. The number of hydrogen-bond donors (Lipinski definition) is 1. The number of amides is 2. The predicted octanol–water partition coefficient (Wildman–Crippen LogP) is 1.76. The van der Waals surface area contributed by atoms with Crippen molar-refractivity contribution in [3.63, 3.8) is 0 Å². The maximum Gasteiger partial charge on any atom is 0.251 e. The number of aromatic nitrogens is 1. The van der Waals surface area contributed by atoms with Crippen LogP contribution in [0, 0.1) is 0 Å². The smallest absolute Gasteiger partial charge is 0.251 e. The van der Waals surface area contributed by atoms with Gasteiger partial charge in [0.05, 0.1) is 0 Å². The number of carbonyl (C=O) groups is 2. The van der Waals surface area contributed by atoms with Crippen molar-refractivity contribution < 1.29 is 9.59 Å². The Bertz CT molecular complexity index is 734. The highest BCUT2D eigenvalue weighted by Crippen LogP contribution is 2.11. The van der Waals surface area contributed by atoms with Gasteiger partial charge in [0.1, 0.15) is 0 Å². The van der Waals surface area contributed by atoms with Gasteiger partial charge in [0.25, 0.3) is 5.91 Å². The van der Waals surface area contributed by atoms with E-state index in [0.717, 1.165) is 38.4 Å². The molecule has 1 aliphatic heterocycles. The Morgan fingerprint density at radius 2 is 1.77 bits per heavy atom. The molecule has 2 heterocycles. The zero-order valence-electron chi connectivity index (χ0n) is 15.2. The highest BCUT2D eigenvalue weighted by molar-refractivity contribution is 5.95. The van der Waals surface area contributed by atoms with Crippen molar-refractivity contribution in [3.8, 4) is 5.69 Å². The minimum absolute atomic E-state index is 0.113. The molecule has 138 valence electrons. The zero-order valence-corrected chi connectivity index (χ0v) is 15.2. The molecule has 1 saturated heterocycles. The van der Waals surface area contributed by atoms with Gasteiger partial charge >= 0.3 is 0 Å². The molecule has 26 heavy (non-hydrogen) atoms. The van der Waals surface area contributed by atoms with E-state index in [2.05, 4.69) is 17.1 Å². The van der Waals surface area contributed by atoms with E-state index in [4.69, 9.17) is 0 Å². The van der Waals surface area contributed by atoms with Crippen molar-refractivity contribution in [3.05, 3.63) is 54.4 Å². The van der Waals surface area contributed by atoms with Crippen LogP contribution < -0.4 is 5.32 Å². The molecule has 0 saturated carbocycles. The summed E-state index contributed by atoms with van der Waals surface area (Å²) in [6.07, 6.45) is 4.22. The summed E-state index contributed by atoms with van der Waals surface area (Å²) in [6.45, 7) is 6.94. The number of hydrogen-bond acceptors (Lipinski definition) is 3. The van der Waals surface area contributed by atoms with Crippen LogP contribution in [0.15, 0.2) is 48.8 Å². The molecule has 1 N–H and O–H groups in total. The van der Waals surface area contributed by atoms with Crippen molar-refractivity contribution >= 4 is 11.8 Å². The number of likely N-dealkylation sites (N-methyl/N-ethyl adjacent to an activating group) is 1. The summed E-state index contributed by atoms with van der Waals surface area (Å²) >= 11 is 0. The lowest BCUT2D eigenvalue weighted by molar-refractivity contribution is -0.132. The first-order valence-corrected chi connectivity index (χ1v) is 9.19. The first-order chi connectivity index (χ1) is 12.7. The molecular formula is C20H26N4O2. The van der Waals surface area contributed by atoms with Crippen LogP contribution in [0.5, 0.6) is 0 Å². The monoisotopic (exact) mass is 354 g/mol. The summed E-state index contributed by atoms with van der Waals surface area (Å²) in [6, 6.07) is 11.3. The maximum absolute atomic E-state index is 12.4. The van der Waals surface area contributed by atoms with Crippen molar-refractivity contribution in [1.82, 2.24) is 19.7 Å². The SMILES string of the molecule is CCN1CCN(C(=O)CCNC(=O)c2cccc(-n3cccc3)c2)CC1. The summed E-state index contributed by atoms with van der Waals surface area (Å²) in [5.41, 5.74) is 1.53. The van der Waals surface area contributed by atoms with Gasteiger partial charge in [-0.1, -0.05) is 13.0 Å². The minimum atomic E-state index is -0.150. The van der Waals surface area contributed by atoms with E-state index in [1.165, 1.54) is 0 Å². The third-order valence-electron chi connectivity index (χ3n) is 4.81. The van der Waals surface area contributed by atoms with Crippen LogP contribution in [-0.4, -0.2) is 65.4 Å². The van der Waals surface area contributed by atoms with Crippen molar-refractivity contribution in [1.29, 1.82) is 0 Å². The van der Waals surface area contributed by atoms with E-state index in [1.54, 1.807) is 6.07 Å². The van der Waals surface area contributed by atoms with E-state index < -0.39 is 0 Å². The molecule has 3 rings (SSSR count). The Kier molecular flexibility index (Phi) is 6.07. The average molecular weight is 354 g/mol. The lowest BCUT2D eigenvalue weighted by atomic mass is 10.2. The summed E-state index contributed by atoms with van der Waals surface area (Å²) in [5, 5.41) is 2.86. The molecule has 6 nitrogen and oxygen atoms in total. The van der Waals surface area contributed by atoms with Gasteiger partial charge in [-0.2, -0.15) is 0 Å². The van der Waals surface area contributed by atoms with E-state index in [-0.39, 0.29) is 11.8 Å². The van der Waals surface area contributed by atoms with Crippen LogP contribution in [0.25, 0.3) is 5.69 Å². The second-order valence-electron chi connectivity index (χ2n) is 6.46. The van der Waals surface area contributed by atoms with Gasteiger partial charge in [-0.15, -0.1) is 0 Å². The van der Waals surface area contributed by atoms with Crippen molar-refractivity contribution in [2.45, 2.75) is 13.3 Å². The molecule has 0 atom stereocenters. The van der Waals surface area contributed by atoms with Gasteiger partial charge in [-0.25, -0.2) is 0 Å². The second-order valence-corrected chi connectivity index (χ2v) is 6.46. The molecule has 0 radical (unpaired) electrons. The molecule has 0 aliphatic carbocycles. The number of carbonyl (C=O) groups excluding carboxylic acids is 2. The number of nitrogens with zero attached hydrogens (tertiary/aromatic N) is 3. The first kappa shape index (κ1) is 18.2. The molecule has 1 aliphatic rings. The topological polar surface area (TPSA) is 57.6 Å². The Morgan fingerprint density at radius 1 is 1.04 bits per heavy atom. The van der Waals surface area contributed by atoms with Gasteiger partial charge in [0.15, 0.2) is 0 Å². The van der Waals surface area contributed by atoms with Gasteiger partial charge < -0.3 is 19.7 Å². The van der Waals surface area contributed by atoms with Crippen LogP contribution in [-0.2, 0) is 4.79 Å². The standard InChI is InChI=1S/C20H26N4O2/c1-2-22-12-14-24(15-13-22)19(25)8-9-21-20(26)17-6-5-7-18(16-17)23-10-3-4-11-23/h3-7,10-11,16H,2,8-9,12-15H2,1H3,(H,21,26). The van der Waals surface area contributed by atoms with E-state index in [1.807, 2.05) is 52.2 Å². The summed E-state index contributed by atoms with van der Waals surface area (Å²) in [5.74, 6) is -0.0373. The third kappa shape index (κ3) is 4.52. The predicted molar refractivity (Wildman–Crippen MR) is 101 cm³/mol. The van der Waals surface area contributed by atoms with Crippen LogP contribution in [0.1, 0.15) is 23.7 Å². The van der Waals surface area contributed by atoms with E-state index >= 15 is 0 Å². The molecule has 0 unspecified atom stereocenters. The fourth-order valence-corrected chi connectivity index (χ4v) is 3.17. The number of benzene rings is 1. The van der Waals surface area contributed by atoms with Crippen LogP contribution in [0.3, 0.4) is 0 Å². The lowest BCUT2D eigenvalue weighted by Gasteiger charge is -2.34. The summed E-state index contributed by atoms with van der Waals surface area (Å²) in [4.78, 5) is 28.9. The molecule has 2 amide bonds. The Labute approximate surface area is 154 Å². The molecule has 0 spiro atoms. The average Bonchev–Trinajstić information content (AvgIpc) is 3.23. The van der Waals surface area contributed by atoms with Crippen molar-refractivity contribution in [2.75, 3.05) is 39.3 Å². The van der Waals surface area contributed by atoms with E-state index in [9.17, 15) is 9.59 Å². The van der Waals surface area contributed by atoms with Gasteiger partial charge in [-0.05, 0) is 36.9 Å². The molecule has 1 aromatic carbocycles. The number of piperazine rings is 1. The fourth-order valence-electron chi connectivity index (χ4n) is 3.17. The van der Waals surface area contributed by atoms with Gasteiger partial charge in [0.2, 0.25) is 5.91 Å². The first-order valence-electron chi connectivity index (χ1n) is 9.19. The van der Waals surface area contributed by atoms with E-state index in [0.29, 0.717) is 18.5 Å². The molecule has 2 aromatic rings. The van der Waals surface area contributed by atoms with Gasteiger partial charge in [0, 0.05) is 62.8 Å². The zero-order chi connectivity index (χ0) is 18.4. The summed E-state index contributed by atoms with van der Waals surface area (Å²) < 4.78 is 1.95. The van der Waals surface area contributed by atoms with Crippen LogP contribution in [0.4, 0.5) is 0 Å². The highest BCUT2D eigenvalue weighted by Gasteiger charge is 2.19. The third-order valence-corrected chi connectivity index (χ3v) is 4.81. The minimum Gasteiger partial charge on any atom is -0.352 e. The van der Waals surface area contributed by atoms with Crippen LogP contribution in [0.2, 0.25) is 0 Å². The lowest BCUT2D eigenvalue weighted by Crippen LogP contribution is -2.49. The highest BCUT2D eigenvalue weighted by atomic mass is 16.2. The fraction of sp³-hybridized carbons (Fsp3) is 0.400. The maximum atomic E-state index is 12.4. The molecule has 1 fully saturated rings. The van der Waals surface area contributed by atoms with Gasteiger partial charge in [-0.3, -0.25) is 9.59 Å².